The quantitative estimate of drug-likeness (QED) is 0.499. The van der Waals surface area contributed by atoms with Crippen molar-refractivity contribution in [2.24, 2.45) is 28.6 Å². The number of nitrogens with zero attached hydrogens (tertiary/aromatic N) is 1. The minimum atomic E-state index is -1.18. The number of hydrogen-bond acceptors (Lipinski definition) is 4. The Morgan fingerprint density at radius 1 is 1.00 bits per heavy atom. The van der Waals surface area contributed by atoms with Crippen molar-refractivity contribution in [2.75, 3.05) is 0 Å². The van der Waals surface area contributed by atoms with Crippen LogP contribution in [0.1, 0.15) is 77.2 Å². The van der Waals surface area contributed by atoms with Crippen LogP contribution in [0, 0.1) is 33.8 Å². The molecule has 0 radical (unpaired) electrons. The number of aliphatic hydroxyl groups excluding tert-OH is 1. The van der Waals surface area contributed by atoms with E-state index in [1.165, 1.54) is 12.4 Å². The highest BCUT2D eigenvalue weighted by molar-refractivity contribution is 5.30. The number of rotatable bonds is 1. The molecule has 0 aromatic carbocycles. The molecule has 0 bridgehead atoms. The third-order valence-corrected chi connectivity index (χ3v) is 10.2. The summed E-state index contributed by atoms with van der Waals surface area (Å²) in [5.74, 6) is 1.15. The first-order valence-electron chi connectivity index (χ1n) is 11.5. The van der Waals surface area contributed by atoms with Crippen molar-refractivity contribution in [2.45, 2.75) is 88.9 Å². The van der Waals surface area contributed by atoms with Crippen molar-refractivity contribution in [1.29, 1.82) is 0 Å². The van der Waals surface area contributed by atoms with Crippen LogP contribution < -0.4 is 4.73 Å². The van der Waals surface area contributed by atoms with Gasteiger partial charge in [-0.15, -0.1) is 0 Å². The number of aromatic nitrogens is 1. The second kappa shape index (κ2) is 6.18. The summed E-state index contributed by atoms with van der Waals surface area (Å²) in [6.07, 6.45) is 10.4. The highest BCUT2D eigenvalue weighted by Gasteiger charge is 2.72. The predicted molar refractivity (Wildman–Crippen MR) is 108 cm³/mol. The average molecular weight is 402 g/mol. The molecule has 8 atom stereocenters. The smallest absolute Gasteiger partial charge is 0.186 e. The lowest BCUT2D eigenvalue weighted by molar-refractivity contribution is -0.606. The molecule has 0 spiro atoms. The van der Waals surface area contributed by atoms with Gasteiger partial charge in [-0.2, -0.15) is 4.73 Å². The summed E-state index contributed by atoms with van der Waals surface area (Å²) in [6, 6.07) is 3.52. The van der Waals surface area contributed by atoms with Gasteiger partial charge in [0.1, 0.15) is 5.60 Å². The summed E-state index contributed by atoms with van der Waals surface area (Å²) in [7, 11) is 0. The van der Waals surface area contributed by atoms with Crippen LogP contribution in [-0.2, 0) is 5.60 Å². The molecule has 1 aromatic rings. The van der Waals surface area contributed by atoms with Gasteiger partial charge in [-0.1, -0.05) is 13.8 Å². The summed E-state index contributed by atoms with van der Waals surface area (Å²) in [5.41, 5.74) is -1.95. The van der Waals surface area contributed by atoms with Gasteiger partial charge in [-0.3, -0.25) is 0 Å². The van der Waals surface area contributed by atoms with Crippen LogP contribution in [0.25, 0.3) is 0 Å². The van der Waals surface area contributed by atoms with E-state index in [9.17, 15) is 20.5 Å². The maximum absolute atomic E-state index is 12.2. The van der Waals surface area contributed by atoms with Crippen molar-refractivity contribution >= 4 is 0 Å². The molecule has 4 aliphatic carbocycles. The van der Waals surface area contributed by atoms with E-state index in [2.05, 4.69) is 13.8 Å². The molecule has 29 heavy (non-hydrogen) atoms. The fourth-order valence-corrected chi connectivity index (χ4v) is 8.38. The van der Waals surface area contributed by atoms with E-state index < -0.39 is 16.6 Å². The van der Waals surface area contributed by atoms with Gasteiger partial charge in [-0.05, 0) is 87.0 Å². The molecular weight excluding hydrogens is 366 g/mol. The molecule has 0 amide bonds. The molecule has 5 nitrogen and oxygen atoms in total. The zero-order valence-corrected chi connectivity index (χ0v) is 17.7. The zero-order valence-electron chi connectivity index (χ0n) is 17.7. The van der Waals surface area contributed by atoms with Crippen LogP contribution in [0.15, 0.2) is 24.5 Å². The lowest BCUT2D eigenvalue weighted by Crippen LogP contribution is -2.64. The highest BCUT2D eigenvalue weighted by atomic mass is 16.5. The van der Waals surface area contributed by atoms with Crippen LogP contribution in [0.3, 0.4) is 0 Å². The summed E-state index contributed by atoms with van der Waals surface area (Å²) in [4.78, 5) is 0. The first kappa shape index (κ1) is 19.8. The van der Waals surface area contributed by atoms with E-state index in [1.54, 1.807) is 6.07 Å². The van der Waals surface area contributed by atoms with Gasteiger partial charge >= 0.3 is 0 Å². The molecule has 4 fully saturated rings. The molecule has 1 heterocycles. The van der Waals surface area contributed by atoms with Crippen LogP contribution in [0.2, 0.25) is 0 Å². The van der Waals surface area contributed by atoms with E-state index in [0.29, 0.717) is 30.2 Å². The Hall–Kier alpha value is -1.17. The number of fused-ring (bicyclic) bond motifs is 5. The van der Waals surface area contributed by atoms with E-state index in [1.807, 2.05) is 6.07 Å². The Kier molecular flexibility index (Phi) is 4.21. The molecular formula is C24H35NO4. The Bertz CT molecular complexity index is 816. The van der Waals surface area contributed by atoms with Crippen molar-refractivity contribution < 1.29 is 20.0 Å². The fraction of sp³-hybridized carbons (Fsp3) is 0.792. The fourth-order valence-electron chi connectivity index (χ4n) is 8.38. The molecule has 1 aromatic heterocycles. The number of hydrogen-bond donors (Lipinski definition) is 3. The largest absolute Gasteiger partial charge is 0.619 e. The summed E-state index contributed by atoms with van der Waals surface area (Å²) in [5, 5.41) is 46.2. The highest BCUT2D eigenvalue weighted by Crippen LogP contribution is 2.71. The topological polar surface area (TPSA) is 87.6 Å². The molecule has 4 aliphatic rings. The van der Waals surface area contributed by atoms with E-state index >= 15 is 0 Å². The van der Waals surface area contributed by atoms with Gasteiger partial charge in [0.15, 0.2) is 12.4 Å². The minimum Gasteiger partial charge on any atom is -0.619 e. The molecule has 0 saturated heterocycles. The van der Waals surface area contributed by atoms with Crippen molar-refractivity contribution in [3.05, 3.63) is 35.3 Å². The molecule has 4 saturated carbocycles. The van der Waals surface area contributed by atoms with Gasteiger partial charge < -0.3 is 20.5 Å². The lowest BCUT2D eigenvalue weighted by Gasteiger charge is -2.64. The van der Waals surface area contributed by atoms with E-state index in [0.717, 1.165) is 49.7 Å². The maximum atomic E-state index is 12.2. The van der Waals surface area contributed by atoms with Gasteiger partial charge in [-0.25, -0.2) is 0 Å². The second-order valence-corrected chi connectivity index (χ2v) is 11.0. The molecule has 5 rings (SSSR count). The van der Waals surface area contributed by atoms with Gasteiger partial charge in [0.25, 0.3) is 0 Å². The average Bonchev–Trinajstić information content (AvgIpc) is 2.91. The molecule has 0 aliphatic heterocycles. The first-order valence-corrected chi connectivity index (χ1v) is 11.5. The Morgan fingerprint density at radius 2 is 1.79 bits per heavy atom. The summed E-state index contributed by atoms with van der Waals surface area (Å²) >= 11 is 0. The summed E-state index contributed by atoms with van der Waals surface area (Å²) < 4.78 is 0.749. The summed E-state index contributed by atoms with van der Waals surface area (Å²) in [6.45, 7) is 4.45. The standard InChI is InChI=1S/C24H35NO4/c1-21-9-7-18(26)14-16(21)5-6-20-19(21)8-10-22(2)23(27,11-12-24(20,22)28)17-4-3-13-25(29)15-17/h3-4,13,15-16,18-20,26-28H,5-12,14H2,1-2H3/t16?,18?,19-,20-,21+,22-,23?,24-/m1/s1. The molecule has 5 heteroatoms. The monoisotopic (exact) mass is 401 g/mol. The Labute approximate surface area is 173 Å². The third kappa shape index (κ3) is 2.41. The third-order valence-electron chi connectivity index (χ3n) is 10.2. The van der Waals surface area contributed by atoms with Crippen LogP contribution in [0.5, 0.6) is 0 Å². The minimum absolute atomic E-state index is 0.171. The first-order chi connectivity index (χ1) is 13.6. The van der Waals surface area contributed by atoms with Crippen LogP contribution in [-0.4, -0.2) is 27.0 Å². The van der Waals surface area contributed by atoms with E-state index in [-0.39, 0.29) is 17.4 Å². The predicted octanol–water partition coefficient (Wildman–Crippen LogP) is 3.03. The van der Waals surface area contributed by atoms with Crippen LogP contribution >= 0.6 is 0 Å². The van der Waals surface area contributed by atoms with Gasteiger partial charge in [0, 0.05) is 17.0 Å². The van der Waals surface area contributed by atoms with Gasteiger partial charge in [0.05, 0.1) is 11.7 Å². The second-order valence-electron chi connectivity index (χ2n) is 11.0. The van der Waals surface area contributed by atoms with Gasteiger partial charge in [0.2, 0.25) is 0 Å². The van der Waals surface area contributed by atoms with Crippen molar-refractivity contribution in [1.82, 2.24) is 0 Å². The van der Waals surface area contributed by atoms with Crippen molar-refractivity contribution in [3.63, 3.8) is 0 Å². The van der Waals surface area contributed by atoms with Crippen LogP contribution in [0.4, 0.5) is 0 Å². The SMILES string of the molecule is C[C@]12CCC(O)CC1CC[C@@H]1[C@H]2CC[C@]2(C)C(O)(c3ccc[n+]([O-])c3)CC[C@@]12O. The molecule has 3 N–H and O–H groups in total. The molecule has 160 valence electrons. The normalized spacial score (nSPS) is 51.8. The maximum Gasteiger partial charge on any atom is 0.186 e. The van der Waals surface area contributed by atoms with E-state index in [4.69, 9.17) is 0 Å². The number of pyridine rings is 1. The Balaban J connectivity index is 1.53. The Morgan fingerprint density at radius 3 is 2.55 bits per heavy atom. The van der Waals surface area contributed by atoms with Crippen molar-refractivity contribution in [3.8, 4) is 0 Å². The zero-order chi connectivity index (χ0) is 20.7. The number of aliphatic hydroxyl groups is 3. The molecule has 3 unspecified atom stereocenters. The lowest BCUT2D eigenvalue weighted by atomic mass is 9.43.